The van der Waals surface area contributed by atoms with Crippen molar-refractivity contribution in [3.8, 4) is 0 Å². The Kier molecular flexibility index (Phi) is 4.22. The summed E-state index contributed by atoms with van der Waals surface area (Å²) in [4.78, 5) is 21.0. The third-order valence-electron chi connectivity index (χ3n) is 2.35. The highest BCUT2D eigenvalue weighted by molar-refractivity contribution is 5.70. The van der Waals surface area contributed by atoms with Gasteiger partial charge in [-0.2, -0.15) is 0 Å². The van der Waals surface area contributed by atoms with Crippen LogP contribution in [-0.2, 0) is 4.79 Å². The number of carboxylic acid groups (broad SMARTS) is 1. The van der Waals surface area contributed by atoms with E-state index in [9.17, 15) is 4.79 Å². The lowest BCUT2D eigenvalue weighted by Crippen LogP contribution is -2.32. The summed E-state index contributed by atoms with van der Waals surface area (Å²) in [5.41, 5.74) is 0.992. The molecule has 5 heteroatoms. The minimum absolute atomic E-state index is 0.425. The van der Waals surface area contributed by atoms with Crippen LogP contribution in [0.1, 0.15) is 19.4 Å². The van der Waals surface area contributed by atoms with Crippen LogP contribution in [0.4, 0.5) is 5.95 Å². The molecule has 0 amide bonds. The Labute approximate surface area is 95.1 Å². The molecule has 0 saturated heterocycles. The quantitative estimate of drug-likeness (QED) is 0.815. The molecule has 0 aromatic carbocycles. The van der Waals surface area contributed by atoms with Gasteiger partial charge in [0.05, 0.1) is 5.92 Å². The molecule has 16 heavy (non-hydrogen) atoms. The molecule has 0 saturated carbocycles. The van der Waals surface area contributed by atoms with Crippen molar-refractivity contribution in [2.45, 2.75) is 20.8 Å². The maximum Gasteiger partial charge on any atom is 0.308 e. The third kappa shape index (κ3) is 3.18. The Bertz CT molecular complexity index is 351. The zero-order valence-electron chi connectivity index (χ0n) is 9.84. The van der Waals surface area contributed by atoms with Crippen molar-refractivity contribution in [2.24, 2.45) is 5.92 Å². The molecule has 1 rings (SSSR count). The smallest absolute Gasteiger partial charge is 0.308 e. The van der Waals surface area contributed by atoms with E-state index < -0.39 is 11.9 Å². The summed E-state index contributed by atoms with van der Waals surface area (Å²) in [6, 6.07) is 0. The van der Waals surface area contributed by atoms with Crippen LogP contribution in [0.15, 0.2) is 12.4 Å². The summed E-state index contributed by atoms with van der Waals surface area (Å²) < 4.78 is 0. The van der Waals surface area contributed by atoms with Gasteiger partial charge in [0.15, 0.2) is 0 Å². The minimum Gasteiger partial charge on any atom is -0.481 e. The number of hydrogen-bond acceptors (Lipinski definition) is 4. The van der Waals surface area contributed by atoms with Gasteiger partial charge in [0.1, 0.15) is 0 Å². The predicted octanol–water partition coefficient (Wildman–Crippen LogP) is 1.33. The SMILES string of the molecule is CCN(CC(C)C(=O)O)c1ncc(C)cn1. The molecular formula is C11H17N3O2. The second kappa shape index (κ2) is 5.44. The molecule has 5 nitrogen and oxygen atoms in total. The van der Waals surface area contributed by atoms with E-state index in [1.807, 2.05) is 18.7 Å². The summed E-state index contributed by atoms with van der Waals surface area (Å²) in [5, 5.41) is 8.85. The highest BCUT2D eigenvalue weighted by Gasteiger charge is 2.16. The second-order valence-corrected chi connectivity index (χ2v) is 3.84. The molecule has 0 fully saturated rings. The van der Waals surface area contributed by atoms with Gasteiger partial charge in [0.25, 0.3) is 0 Å². The molecule has 1 atom stereocenters. The normalized spacial score (nSPS) is 12.2. The molecule has 1 heterocycles. The number of carbonyl (C=O) groups is 1. The van der Waals surface area contributed by atoms with Crippen molar-refractivity contribution in [3.05, 3.63) is 18.0 Å². The Morgan fingerprint density at radius 3 is 2.50 bits per heavy atom. The first-order valence-corrected chi connectivity index (χ1v) is 5.31. The number of aliphatic carboxylic acids is 1. The molecule has 0 aliphatic rings. The molecule has 0 aliphatic carbocycles. The zero-order chi connectivity index (χ0) is 12.1. The summed E-state index contributed by atoms with van der Waals surface area (Å²) in [6.45, 7) is 6.67. The molecule has 1 aromatic heterocycles. The summed E-state index contributed by atoms with van der Waals surface area (Å²) in [5.74, 6) is -0.642. The van der Waals surface area contributed by atoms with E-state index >= 15 is 0 Å². The van der Waals surface area contributed by atoms with Gasteiger partial charge >= 0.3 is 5.97 Å². The van der Waals surface area contributed by atoms with Crippen molar-refractivity contribution in [3.63, 3.8) is 0 Å². The second-order valence-electron chi connectivity index (χ2n) is 3.84. The topological polar surface area (TPSA) is 66.3 Å². The fraction of sp³-hybridized carbons (Fsp3) is 0.545. The van der Waals surface area contributed by atoms with E-state index in [4.69, 9.17) is 5.11 Å². The molecule has 88 valence electrons. The maximum absolute atomic E-state index is 10.8. The van der Waals surface area contributed by atoms with E-state index in [-0.39, 0.29) is 0 Å². The molecule has 1 N–H and O–H groups in total. The molecule has 1 aromatic rings. The van der Waals surface area contributed by atoms with Crippen LogP contribution in [0, 0.1) is 12.8 Å². The summed E-state index contributed by atoms with van der Waals surface area (Å²) >= 11 is 0. The Morgan fingerprint density at radius 2 is 2.06 bits per heavy atom. The van der Waals surface area contributed by atoms with Crippen molar-refractivity contribution < 1.29 is 9.90 Å². The van der Waals surface area contributed by atoms with Crippen LogP contribution >= 0.6 is 0 Å². The van der Waals surface area contributed by atoms with Gasteiger partial charge in [-0.05, 0) is 19.4 Å². The van der Waals surface area contributed by atoms with Crippen molar-refractivity contribution >= 4 is 11.9 Å². The number of aryl methyl sites for hydroxylation is 1. The van der Waals surface area contributed by atoms with E-state index in [2.05, 4.69) is 9.97 Å². The number of rotatable bonds is 5. The lowest BCUT2D eigenvalue weighted by Gasteiger charge is -2.22. The van der Waals surface area contributed by atoms with E-state index in [1.165, 1.54) is 0 Å². The average molecular weight is 223 g/mol. The van der Waals surface area contributed by atoms with Gasteiger partial charge in [0.2, 0.25) is 5.95 Å². The van der Waals surface area contributed by atoms with Crippen molar-refractivity contribution in [1.29, 1.82) is 0 Å². The first kappa shape index (κ1) is 12.4. The minimum atomic E-state index is -0.800. The van der Waals surface area contributed by atoms with Gasteiger partial charge in [-0.1, -0.05) is 6.92 Å². The lowest BCUT2D eigenvalue weighted by atomic mass is 10.2. The zero-order valence-corrected chi connectivity index (χ0v) is 9.84. The van der Waals surface area contributed by atoms with Crippen LogP contribution in [0.2, 0.25) is 0 Å². The van der Waals surface area contributed by atoms with Gasteiger partial charge < -0.3 is 10.0 Å². The van der Waals surface area contributed by atoms with Crippen LogP contribution in [-0.4, -0.2) is 34.1 Å². The van der Waals surface area contributed by atoms with Crippen molar-refractivity contribution in [2.75, 3.05) is 18.0 Å². The number of aromatic nitrogens is 2. The molecule has 0 radical (unpaired) electrons. The number of hydrogen-bond donors (Lipinski definition) is 1. The van der Waals surface area contributed by atoms with E-state index in [0.29, 0.717) is 19.0 Å². The molecule has 0 spiro atoms. The summed E-state index contributed by atoms with van der Waals surface area (Å²) in [7, 11) is 0. The van der Waals surface area contributed by atoms with Crippen LogP contribution in [0.5, 0.6) is 0 Å². The fourth-order valence-electron chi connectivity index (χ4n) is 1.31. The van der Waals surface area contributed by atoms with Gasteiger partial charge in [-0.15, -0.1) is 0 Å². The Hall–Kier alpha value is -1.65. The molecule has 0 aliphatic heterocycles. The Morgan fingerprint density at radius 1 is 1.50 bits per heavy atom. The highest BCUT2D eigenvalue weighted by atomic mass is 16.4. The fourth-order valence-corrected chi connectivity index (χ4v) is 1.31. The maximum atomic E-state index is 10.8. The number of nitrogens with zero attached hydrogens (tertiary/aromatic N) is 3. The van der Waals surface area contributed by atoms with Crippen LogP contribution in [0.3, 0.4) is 0 Å². The van der Waals surface area contributed by atoms with Gasteiger partial charge in [-0.25, -0.2) is 9.97 Å². The predicted molar refractivity (Wildman–Crippen MR) is 61.5 cm³/mol. The molecule has 1 unspecified atom stereocenters. The first-order valence-electron chi connectivity index (χ1n) is 5.31. The first-order chi connectivity index (χ1) is 7.54. The number of anilines is 1. The summed E-state index contributed by atoms with van der Waals surface area (Å²) in [6.07, 6.45) is 3.47. The van der Waals surface area contributed by atoms with E-state index in [0.717, 1.165) is 5.56 Å². The van der Waals surface area contributed by atoms with Crippen LogP contribution < -0.4 is 4.90 Å². The largest absolute Gasteiger partial charge is 0.481 e. The van der Waals surface area contributed by atoms with Crippen molar-refractivity contribution in [1.82, 2.24) is 9.97 Å². The average Bonchev–Trinajstić information content (AvgIpc) is 2.26. The molecular weight excluding hydrogens is 206 g/mol. The standard InChI is InChI=1S/C11H17N3O2/c1-4-14(7-9(3)10(15)16)11-12-5-8(2)6-13-11/h5-6,9H,4,7H2,1-3H3,(H,15,16). The third-order valence-corrected chi connectivity index (χ3v) is 2.35. The van der Waals surface area contributed by atoms with Crippen LogP contribution in [0.25, 0.3) is 0 Å². The Balaban J connectivity index is 2.74. The van der Waals surface area contributed by atoms with E-state index in [1.54, 1.807) is 19.3 Å². The number of carboxylic acids is 1. The van der Waals surface area contributed by atoms with Gasteiger partial charge in [0, 0.05) is 25.5 Å². The molecule has 0 bridgehead atoms. The highest BCUT2D eigenvalue weighted by Crippen LogP contribution is 2.09. The monoisotopic (exact) mass is 223 g/mol. The lowest BCUT2D eigenvalue weighted by molar-refractivity contribution is -0.140. The van der Waals surface area contributed by atoms with Gasteiger partial charge in [-0.3, -0.25) is 4.79 Å².